The lowest BCUT2D eigenvalue weighted by molar-refractivity contribution is -0.116. The first kappa shape index (κ1) is 16.4. The number of aliphatic imine (C=N–C) groups is 2. The summed E-state index contributed by atoms with van der Waals surface area (Å²) in [6.07, 6.45) is 0. The Morgan fingerprint density at radius 2 is 2.04 bits per heavy atom. The number of fused-ring (bicyclic) bond motifs is 1. The highest BCUT2D eigenvalue weighted by atomic mass is 35.5. The summed E-state index contributed by atoms with van der Waals surface area (Å²) < 4.78 is 0. The van der Waals surface area contributed by atoms with E-state index in [0.717, 1.165) is 22.5 Å². The van der Waals surface area contributed by atoms with Crippen molar-refractivity contribution in [3.05, 3.63) is 64.7 Å². The number of nitrogens with zero attached hydrogens (tertiary/aromatic N) is 2. The van der Waals surface area contributed by atoms with Gasteiger partial charge in [0.2, 0.25) is 0 Å². The predicted octanol–water partition coefficient (Wildman–Crippen LogP) is 2.53. The standard InChI is InChI=1S/C18H17ClN4O/c19-13-6-7-16-15(8-13)18(12-4-2-1-3-5-12)22-11-17(23-16)21-10-14(24)9-20/h1-8H,9-11,20H2,(H,21,23). The Labute approximate surface area is 145 Å². The maximum atomic E-state index is 11.4. The minimum atomic E-state index is -0.114. The maximum Gasteiger partial charge on any atom is 0.167 e. The van der Waals surface area contributed by atoms with E-state index in [1.165, 1.54) is 0 Å². The molecule has 0 bridgehead atoms. The smallest absolute Gasteiger partial charge is 0.167 e. The number of hydrogen-bond acceptors (Lipinski definition) is 4. The summed E-state index contributed by atoms with van der Waals surface area (Å²) in [6.45, 7) is 0.397. The number of hydrogen-bond donors (Lipinski definition) is 2. The number of carbonyl (C=O) groups excluding carboxylic acids is 1. The molecule has 5 nitrogen and oxygen atoms in total. The number of anilines is 1. The van der Waals surface area contributed by atoms with E-state index >= 15 is 0 Å². The number of nitrogens with two attached hydrogens (primary N) is 1. The quantitative estimate of drug-likeness (QED) is 0.897. The van der Waals surface area contributed by atoms with Crippen LogP contribution in [0.2, 0.25) is 5.02 Å². The van der Waals surface area contributed by atoms with E-state index in [9.17, 15) is 4.79 Å². The van der Waals surface area contributed by atoms with Crippen LogP contribution in [0, 0.1) is 0 Å². The van der Waals surface area contributed by atoms with Crippen molar-refractivity contribution in [1.82, 2.24) is 0 Å². The van der Waals surface area contributed by atoms with Crippen LogP contribution in [0.4, 0.5) is 5.69 Å². The SMILES string of the molecule is NCC(=O)CN=C1CN=C(c2ccccc2)c2cc(Cl)ccc2N1. The number of halogens is 1. The fraction of sp³-hybridized carbons (Fsp3) is 0.167. The van der Waals surface area contributed by atoms with Crippen LogP contribution in [0.5, 0.6) is 0 Å². The zero-order valence-corrected chi connectivity index (χ0v) is 13.8. The fourth-order valence-electron chi connectivity index (χ4n) is 2.44. The largest absolute Gasteiger partial charge is 0.342 e. The van der Waals surface area contributed by atoms with Crippen LogP contribution in [0.1, 0.15) is 11.1 Å². The molecule has 0 amide bonds. The van der Waals surface area contributed by atoms with Gasteiger partial charge in [-0.1, -0.05) is 41.9 Å². The average Bonchev–Trinajstić information content (AvgIpc) is 2.79. The Hall–Kier alpha value is -2.50. The normalized spacial score (nSPS) is 15.2. The Bertz CT molecular complexity index is 815. The van der Waals surface area contributed by atoms with Gasteiger partial charge in [0, 0.05) is 21.8 Å². The molecule has 0 spiro atoms. The molecule has 1 heterocycles. The molecule has 0 saturated carbocycles. The van der Waals surface area contributed by atoms with Crippen molar-refractivity contribution in [3.63, 3.8) is 0 Å². The van der Waals surface area contributed by atoms with Gasteiger partial charge in [0.25, 0.3) is 0 Å². The number of rotatable bonds is 4. The fourth-order valence-corrected chi connectivity index (χ4v) is 2.61. The number of ketones is 1. The third kappa shape index (κ3) is 3.69. The molecule has 2 aromatic rings. The monoisotopic (exact) mass is 340 g/mol. The molecule has 122 valence electrons. The summed E-state index contributed by atoms with van der Waals surface area (Å²) in [7, 11) is 0. The number of nitrogens with one attached hydrogen (secondary N) is 1. The molecule has 6 heteroatoms. The van der Waals surface area contributed by atoms with Crippen LogP contribution in [-0.2, 0) is 4.79 Å². The minimum absolute atomic E-state index is 0.0124. The van der Waals surface area contributed by atoms with Crippen molar-refractivity contribution in [2.75, 3.05) is 25.0 Å². The molecule has 24 heavy (non-hydrogen) atoms. The Morgan fingerprint density at radius 3 is 2.79 bits per heavy atom. The van der Waals surface area contributed by atoms with Gasteiger partial charge >= 0.3 is 0 Å². The molecular weight excluding hydrogens is 324 g/mol. The van der Waals surface area contributed by atoms with Gasteiger partial charge in [0.05, 0.1) is 18.8 Å². The molecule has 0 atom stereocenters. The molecule has 1 aliphatic rings. The van der Waals surface area contributed by atoms with Crippen LogP contribution in [0.3, 0.4) is 0 Å². The predicted molar refractivity (Wildman–Crippen MR) is 98.4 cm³/mol. The van der Waals surface area contributed by atoms with Gasteiger partial charge in [-0.2, -0.15) is 0 Å². The second kappa shape index (κ2) is 7.38. The zero-order valence-electron chi connectivity index (χ0n) is 13.0. The number of benzene rings is 2. The van der Waals surface area contributed by atoms with E-state index in [0.29, 0.717) is 17.4 Å². The van der Waals surface area contributed by atoms with E-state index in [1.54, 1.807) is 0 Å². The van der Waals surface area contributed by atoms with Crippen molar-refractivity contribution in [2.45, 2.75) is 0 Å². The van der Waals surface area contributed by atoms with Crippen LogP contribution in [0.25, 0.3) is 0 Å². The van der Waals surface area contributed by atoms with Crippen LogP contribution >= 0.6 is 11.6 Å². The number of amidine groups is 1. The Morgan fingerprint density at radius 1 is 1.25 bits per heavy atom. The Balaban J connectivity index is 2.02. The maximum absolute atomic E-state index is 11.4. The molecule has 2 aromatic carbocycles. The second-order valence-electron chi connectivity index (χ2n) is 5.35. The first-order chi connectivity index (χ1) is 11.7. The zero-order chi connectivity index (χ0) is 16.9. The number of carbonyl (C=O) groups is 1. The summed E-state index contributed by atoms with van der Waals surface area (Å²) in [5.74, 6) is 0.517. The highest BCUT2D eigenvalue weighted by molar-refractivity contribution is 6.32. The molecule has 0 saturated heterocycles. The third-order valence-electron chi connectivity index (χ3n) is 3.62. The van der Waals surface area contributed by atoms with Crippen molar-refractivity contribution in [2.24, 2.45) is 15.7 Å². The van der Waals surface area contributed by atoms with Gasteiger partial charge in [0.1, 0.15) is 12.4 Å². The summed E-state index contributed by atoms with van der Waals surface area (Å²) in [4.78, 5) is 20.4. The van der Waals surface area contributed by atoms with Crippen LogP contribution in [-0.4, -0.2) is 37.0 Å². The molecular formula is C18H17ClN4O. The van der Waals surface area contributed by atoms with Crippen molar-refractivity contribution in [1.29, 1.82) is 0 Å². The number of Topliss-reactive ketones (excluding diaryl/α,β-unsaturated/α-hetero) is 1. The molecule has 0 radical (unpaired) electrons. The van der Waals surface area contributed by atoms with Crippen molar-refractivity contribution in [3.8, 4) is 0 Å². The first-order valence-corrected chi connectivity index (χ1v) is 7.97. The molecule has 0 aliphatic carbocycles. The van der Waals surface area contributed by atoms with E-state index in [2.05, 4.69) is 15.3 Å². The van der Waals surface area contributed by atoms with Crippen molar-refractivity contribution >= 4 is 34.6 Å². The van der Waals surface area contributed by atoms with Gasteiger partial charge in [-0.3, -0.25) is 14.8 Å². The lowest BCUT2D eigenvalue weighted by Crippen LogP contribution is -2.20. The third-order valence-corrected chi connectivity index (χ3v) is 3.86. The average molecular weight is 341 g/mol. The molecule has 0 aromatic heterocycles. The van der Waals surface area contributed by atoms with Gasteiger partial charge in [-0.05, 0) is 18.2 Å². The van der Waals surface area contributed by atoms with Crippen molar-refractivity contribution < 1.29 is 4.79 Å². The topological polar surface area (TPSA) is 79.8 Å². The highest BCUT2D eigenvalue weighted by Crippen LogP contribution is 2.26. The molecule has 1 aliphatic heterocycles. The van der Waals surface area contributed by atoms with Crippen LogP contribution in [0.15, 0.2) is 58.5 Å². The Kier molecular flexibility index (Phi) is 5.03. The van der Waals surface area contributed by atoms with Gasteiger partial charge in [-0.15, -0.1) is 0 Å². The molecule has 0 fully saturated rings. The van der Waals surface area contributed by atoms with E-state index in [-0.39, 0.29) is 18.9 Å². The second-order valence-corrected chi connectivity index (χ2v) is 5.79. The minimum Gasteiger partial charge on any atom is -0.342 e. The summed E-state index contributed by atoms with van der Waals surface area (Å²) in [5.41, 5.74) is 8.94. The van der Waals surface area contributed by atoms with Gasteiger partial charge in [0.15, 0.2) is 5.78 Å². The molecule has 0 unspecified atom stereocenters. The molecule has 3 N–H and O–H groups in total. The highest BCUT2D eigenvalue weighted by Gasteiger charge is 2.17. The van der Waals surface area contributed by atoms with E-state index in [1.807, 2.05) is 48.5 Å². The lowest BCUT2D eigenvalue weighted by Gasteiger charge is -2.11. The summed E-state index contributed by atoms with van der Waals surface area (Å²) in [5, 5.41) is 3.89. The van der Waals surface area contributed by atoms with E-state index < -0.39 is 0 Å². The van der Waals surface area contributed by atoms with Gasteiger partial charge in [-0.25, -0.2) is 0 Å². The summed E-state index contributed by atoms with van der Waals surface area (Å²) >= 11 is 6.17. The van der Waals surface area contributed by atoms with E-state index in [4.69, 9.17) is 17.3 Å². The summed E-state index contributed by atoms with van der Waals surface area (Å²) in [6, 6.07) is 15.5. The number of benzodiazepines with no additional fused rings is 1. The lowest BCUT2D eigenvalue weighted by atomic mass is 10.0. The van der Waals surface area contributed by atoms with Crippen LogP contribution < -0.4 is 11.1 Å². The molecule has 3 rings (SSSR count). The first-order valence-electron chi connectivity index (χ1n) is 7.59. The van der Waals surface area contributed by atoms with Gasteiger partial charge < -0.3 is 11.1 Å².